The number of halogens is 3. The highest BCUT2D eigenvalue weighted by atomic mass is 127. The van der Waals surface area contributed by atoms with Crippen molar-refractivity contribution in [3.63, 3.8) is 0 Å². The van der Waals surface area contributed by atoms with Gasteiger partial charge in [0.15, 0.2) is 11.6 Å². The summed E-state index contributed by atoms with van der Waals surface area (Å²) in [6.45, 7) is 0. The maximum absolute atomic E-state index is 12.3. The molecule has 1 aromatic rings. The van der Waals surface area contributed by atoms with Crippen LogP contribution in [0.4, 0.5) is 14.5 Å². The second-order valence-corrected chi connectivity index (χ2v) is 2.26. The molecule has 1 rings (SSSR count). The van der Waals surface area contributed by atoms with Gasteiger partial charge >= 0.3 is 0 Å². The van der Waals surface area contributed by atoms with E-state index >= 15 is 0 Å². The zero-order valence-electron chi connectivity index (χ0n) is 4.87. The molecule has 0 saturated carbocycles. The van der Waals surface area contributed by atoms with Crippen LogP contribution in [-0.4, -0.2) is 0 Å². The average molecular weight is 255 g/mol. The van der Waals surface area contributed by atoms with Crippen molar-refractivity contribution in [1.82, 2.24) is 0 Å². The van der Waals surface area contributed by atoms with Gasteiger partial charge < -0.3 is 3.53 Å². The minimum atomic E-state index is -0.832. The molecule has 0 radical (unpaired) electrons. The molecule has 0 aliphatic carbocycles. The maximum Gasteiger partial charge on any atom is 0.160 e. The number of hydrogen-bond donors (Lipinski definition) is 1. The van der Waals surface area contributed by atoms with Gasteiger partial charge in [-0.3, -0.25) is 0 Å². The summed E-state index contributed by atoms with van der Waals surface area (Å²) in [5.74, 6) is -1.66. The molecule has 1 nitrogen and oxygen atoms in total. The summed E-state index contributed by atoms with van der Waals surface area (Å²) < 4.78 is 27.2. The van der Waals surface area contributed by atoms with Crippen LogP contribution < -0.4 is 3.53 Å². The largest absolute Gasteiger partial charge is 0.328 e. The van der Waals surface area contributed by atoms with Gasteiger partial charge in [-0.25, -0.2) is 8.78 Å². The Balaban J connectivity index is 3.04. The van der Waals surface area contributed by atoms with E-state index in [0.717, 1.165) is 12.1 Å². The van der Waals surface area contributed by atoms with Crippen LogP contribution in [0.1, 0.15) is 0 Å². The van der Waals surface area contributed by atoms with E-state index in [1.807, 2.05) is 22.9 Å². The zero-order valence-corrected chi connectivity index (χ0v) is 7.02. The molecule has 0 unspecified atom stereocenters. The molecule has 0 bridgehead atoms. The Hall–Kier alpha value is -0.390. The Bertz CT molecular complexity index is 239. The first-order valence-electron chi connectivity index (χ1n) is 2.55. The predicted molar refractivity (Wildman–Crippen MR) is 44.0 cm³/mol. The van der Waals surface area contributed by atoms with Gasteiger partial charge in [0.25, 0.3) is 0 Å². The molecule has 0 aromatic heterocycles. The highest BCUT2D eigenvalue weighted by Gasteiger charge is 1.99. The molecule has 0 saturated heterocycles. The Morgan fingerprint density at radius 1 is 1.20 bits per heavy atom. The van der Waals surface area contributed by atoms with E-state index in [4.69, 9.17) is 0 Å². The first-order valence-corrected chi connectivity index (χ1v) is 3.63. The molecule has 1 N–H and O–H groups in total. The monoisotopic (exact) mass is 255 g/mol. The van der Waals surface area contributed by atoms with Crippen molar-refractivity contribution < 1.29 is 8.78 Å². The van der Waals surface area contributed by atoms with Crippen LogP contribution in [0, 0.1) is 11.6 Å². The molecule has 0 fully saturated rings. The normalized spacial score (nSPS) is 9.50. The lowest BCUT2D eigenvalue weighted by Crippen LogP contribution is -1.85. The van der Waals surface area contributed by atoms with Crippen LogP contribution in [0.5, 0.6) is 0 Å². The second kappa shape index (κ2) is 3.14. The van der Waals surface area contributed by atoms with E-state index in [0.29, 0.717) is 5.69 Å². The number of nitrogens with one attached hydrogen (secondary N) is 1. The molecule has 1 aromatic carbocycles. The topological polar surface area (TPSA) is 12.0 Å². The zero-order chi connectivity index (χ0) is 7.56. The van der Waals surface area contributed by atoms with Crippen LogP contribution in [-0.2, 0) is 0 Å². The Morgan fingerprint density at radius 2 is 1.90 bits per heavy atom. The summed E-state index contributed by atoms with van der Waals surface area (Å²) >= 11 is 1.84. The molecule has 4 heteroatoms. The van der Waals surface area contributed by atoms with Gasteiger partial charge in [0.1, 0.15) is 0 Å². The van der Waals surface area contributed by atoms with Crippen molar-refractivity contribution in [3.8, 4) is 0 Å². The average Bonchev–Trinajstić information content (AvgIpc) is 1.95. The van der Waals surface area contributed by atoms with Crippen LogP contribution in [0.25, 0.3) is 0 Å². The third kappa shape index (κ3) is 1.56. The van der Waals surface area contributed by atoms with Crippen molar-refractivity contribution in [2.45, 2.75) is 0 Å². The summed E-state index contributed by atoms with van der Waals surface area (Å²) in [7, 11) is 0. The predicted octanol–water partition coefficient (Wildman–Crippen LogP) is 2.73. The van der Waals surface area contributed by atoms with E-state index in [-0.39, 0.29) is 0 Å². The standard InChI is InChI=1S/C6H4F2IN/c7-5-2-1-4(10-9)3-6(5)8/h1-3,10H. The van der Waals surface area contributed by atoms with Crippen LogP contribution in [0.15, 0.2) is 18.2 Å². The minimum absolute atomic E-state index is 0.555. The summed E-state index contributed by atoms with van der Waals surface area (Å²) in [4.78, 5) is 0. The van der Waals surface area contributed by atoms with Gasteiger partial charge in [-0.2, -0.15) is 0 Å². The highest BCUT2D eigenvalue weighted by Crippen LogP contribution is 2.13. The summed E-state index contributed by atoms with van der Waals surface area (Å²) in [6, 6.07) is 3.64. The first kappa shape index (κ1) is 7.71. The Kier molecular flexibility index (Phi) is 2.42. The molecular weight excluding hydrogens is 251 g/mol. The molecule has 0 atom stereocenters. The number of anilines is 1. The highest BCUT2D eigenvalue weighted by molar-refractivity contribution is 14.1. The molecule has 54 valence electrons. The van der Waals surface area contributed by atoms with Crippen LogP contribution in [0.3, 0.4) is 0 Å². The van der Waals surface area contributed by atoms with Crippen LogP contribution >= 0.6 is 22.9 Å². The number of hydrogen-bond acceptors (Lipinski definition) is 1. The molecule has 0 aliphatic heterocycles. The molecule has 0 aliphatic rings. The van der Waals surface area contributed by atoms with Gasteiger partial charge in [0.05, 0.1) is 22.9 Å². The van der Waals surface area contributed by atoms with Crippen molar-refractivity contribution in [1.29, 1.82) is 0 Å². The van der Waals surface area contributed by atoms with Gasteiger partial charge in [-0.1, -0.05) is 0 Å². The van der Waals surface area contributed by atoms with Crippen LogP contribution in [0.2, 0.25) is 0 Å². The molecule has 0 heterocycles. The third-order valence-electron chi connectivity index (χ3n) is 1.03. The molecular formula is C6H4F2IN. The van der Waals surface area contributed by atoms with Crippen molar-refractivity contribution in [2.75, 3.05) is 3.53 Å². The van der Waals surface area contributed by atoms with E-state index in [1.165, 1.54) is 6.07 Å². The summed E-state index contributed by atoms with van der Waals surface area (Å²) in [5.41, 5.74) is 0.555. The number of benzene rings is 1. The summed E-state index contributed by atoms with van der Waals surface area (Å²) in [6.07, 6.45) is 0. The molecule has 0 spiro atoms. The lowest BCUT2D eigenvalue weighted by atomic mass is 10.3. The van der Waals surface area contributed by atoms with Crippen molar-refractivity contribution in [3.05, 3.63) is 29.8 Å². The minimum Gasteiger partial charge on any atom is -0.328 e. The molecule has 10 heavy (non-hydrogen) atoms. The van der Waals surface area contributed by atoms with Gasteiger partial charge in [0.2, 0.25) is 0 Å². The fraction of sp³-hybridized carbons (Fsp3) is 0. The quantitative estimate of drug-likeness (QED) is 0.601. The van der Waals surface area contributed by atoms with E-state index in [9.17, 15) is 8.78 Å². The van der Waals surface area contributed by atoms with Crippen molar-refractivity contribution in [2.24, 2.45) is 0 Å². The van der Waals surface area contributed by atoms with E-state index < -0.39 is 11.6 Å². The second-order valence-electron chi connectivity index (χ2n) is 1.72. The van der Waals surface area contributed by atoms with E-state index in [1.54, 1.807) is 0 Å². The van der Waals surface area contributed by atoms with Crippen molar-refractivity contribution >= 4 is 28.6 Å². The third-order valence-corrected chi connectivity index (χ3v) is 1.65. The van der Waals surface area contributed by atoms with Gasteiger partial charge in [0, 0.05) is 11.8 Å². The Morgan fingerprint density at radius 3 is 2.40 bits per heavy atom. The summed E-state index contributed by atoms with van der Waals surface area (Å²) in [5, 5.41) is 0. The molecule has 0 amide bonds. The lowest BCUT2D eigenvalue weighted by Gasteiger charge is -1.96. The van der Waals surface area contributed by atoms with E-state index in [2.05, 4.69) is 3.53 Å². The fourth-order valence-electron chi connectivity index (χ4n) is 0.555. The lowest BCUT2D eigenvalue weighted by molar-refractivity contribution is 0.509. The van der Waals surface area contributed by atoms with Gasteiger partial charge in [-0.05, 0) is 12.1 Å². The first-order chi connectivity index (χ1) is 4.74. The fourth-order valence-corrected chi connectivity index (χ4v) is 0.890. The SMILES string of the molecule is Fc1ccc(NI)cc1F. The Labute approximate surface area is 70.9 Å². The number of rotatable bonds is 1. The maximum atomic E-state index is 12.3. The van der Waals surface area contributed by atoms with Gasteiger partial charge in [-0.15, -0.1) is 0 Å². The smallest absolute Gasteiger partial charge is 0.160 e.